The van der Waals surface area contributed by atoms with Gasteiger partial charge in [-0.15, -0.1) is 0 Å². The van der Waals surface area contributed by atoms with E-state index in [9.17, 15) is 4.21 Å². The van der Waals surface area contributed by atoms with Crippen LogP contribution in [0.15, 0.2) is 29.2 Å². The molecule has 3 unspecified atom stereocenters. The molecule has 0 saturated heterocycles. The molecule has 106 valence electrons. The van der Waals surface area contributed by atoms with Gasteiger partial charge in [-0.05, 0) is 44.4 Å². The lowest BCUT2D eigenvalue weighted by molar-refractivity contribution is 0.404. The lowest BCUT2D eigenvalue weighted by Crippen LogP contribution is -2.28. The second-order valence-corrected chi connectivity index (χ2v) is 6.74. The summed E-state index contributed by atoms with van der Waals surface area (Å²) in [5, 5.41) is 3.79. The molecule has 1 aromatic rings. The maximum Gasteiger partial charge on any atom is 0.134 e. The van der Waals surface area contributed by atoms with Crippen molar-refractivity contribution in [2.75, 3.05) is 13.7 Å². The summed E-state index contributed by atoms with van der Waals surface area (Å²) in [6.45, 7) is 3.23. The third-order valence-corrected chi connectivity index (χ3v) is 5.46. The summed E-state index contributed by atoms with van der Waals surface area (Å²) in [6, 6.07) is 8.18. The third kappa shape index (κ3) is 3.57. The molecule has 0 aromatic heterocycles. The molecule has 19 heavy (non-hydrogen) atoms. The Bertz CT molecular complexity index is 436. The normalized spacial score (nSPS) is 24.3. The smallest absolute Gasteiger partial charge is 0.134 e. The van der Waals surface area contributed by atoms with E-state index in [2.05, 4.69) is 12.2 Å². The summed E-state index contributed by atoms with van der Waals surface area (Å²) in [7, 11) is 0.674. The molecule has 0 aliphatic heterocycles. The lowest BCUT2D eigenvalue weighted by atomic mass is 10.2. The van der Waals surface area contributed by atoms with Crippen LogP contribution in [0.25, 0.3) is 0 Å². The van der Waals surface area contributed by atoms with E-state index in [-0.39, 0.29) is 5.25 Å². The lowest BCUT2D eigenvalue weighted by Gasteiger charge is -2.14. The van der Waals surface area contributed by atoms with Crippen LogP contribution in [0.3, 0.4) is 0 Å². The Balaban J connectivity index is 2.01. The molecule has 0 amide bonds. The molecule has 0 heterocycles. The van der Waals surface area contributed by atoms with Crippen molar-refractivity contribution >= 4 is 10.8 Å². The van der Waals surface area contributed by atoms with Crippen LogP contribution in [-0.2, 0) is 10.8 Å². The minimum absolute atomic E-state index is 0.255. The maximum atomic E-state index is 12.6. The summed E-state index contributed by atoms with van der Waals surface area (Å²) >= 11 is 0. The van der Waals surface area contributed by atoms with Crippen LogP contribution in [-0.4, -0.2) is 29.2 Å². The van der Waals surface area contributed by atoms with Crippen LogP contribution in [0, 0.1) is 0 Å². The zero-order valence-corrected chi connectivity index (χ0v) is 12.5. The summed E-state index contributed by atoms with van der Waals surface area (Å²) in [6.07, 6.45) is 4.32. The molecule has 1 aliphatic rings. The van der Waals surface area contributed by atoms with Gasteiger partial charge in [-0.3, -0.25) is 4.21 Å². The van der Waals surface area contributed by atoms with Gasteiger partial charge in [0.25, 0.3) is 0 Å². The first kappa shape index (κ1) is 14.5. The van der Waals surface area contributed by atoms with E-state index in [0.717, 1.165) is 42.9 Å². The second kappa shape index (κ2) is 7.06. The van der Waals surface area contributed by atoms with Gasteiger partial charge in [0, 0.05) is 11.3 Å². The molecule has 0 bridgehead atoms. The van der Waals surface area contributed by atoms with Crippen LogP contribution in [0.1, 0.15) is 32.6 Å². The second-order valence-electron chi connectivity index (χ2n) is 5.03. The molecule has 3 atom stereocenters. The van der Waals surface area contributed by atoms with Crippen molar-refractivity contribution in [1.29, 1.82) is 0 Å². The highest BCUT2D eigenvalue weighted by atomic mass is 32.2. The number of hydrogen-bond donors (Lipinski definition) is 1. The Labute approximate surface area is 118 Å². The summed E-state index contributed by atoms with van der Waals surface area (Å²) in [4.78, 5) is 0.839. The predicted octanol–water partition coefficient (Wildman–Crippen LogP) is 2.72. The predicted molar refractivity (Wildman–Crippen MR) is 79.1 cm³/mol. The average Bonchev–Trinajstić information content (AvgIpc) is 2.93. The standard InChI is InChI=1S/C15H23NO2S/c1-3-10-16-12-8-9-13(11-12)19(17)15-7-5-4-6-14(15)18-2/h4-7,12-13,16H,3,8-11H2,1-2H3. The van der Waals surface area contributed by atoms with Crippen molar-refractivity contribution in [3.63, 3.8) is 0 Å². The number of benzene rings is 1. The topological polar surface area (TPSA) is 38.3 Å². The van der Waals surface area contributed by atoms with Crippen molar-refractivity contribution in [2.24, 2.45) is 0 Å². The molecule has 0 spiro atoms. The van der Waals surface area contributed by atoms with Gasteiger partial charge in [-0.1, -0.05) is 19.1 Å². The van der Waals surface area contributed by atoms with Gasteiger partial charge < -0.3 is 10.1 Å². The third-order valence-electron chi connectivity index (χ3n) is 3.66. The van der Waals surface area contributed by atoms with E-state index in [0.29, 0.717) is 6.04 Å². The first-order valence-corrected chi connectivity index (χ1v) is 8.24. The van der Waals surface area contributed by atoms with Gasteiger partial charge in [0.15, 0.2) is 0 Å². The highest BCUT2D eigenvalue weighted by molar-refractivity contribution is 7.85. The molecule has 1 aromatic carbocycles. The fourth-order valence-electron chi connectivity index (χ4n) is 2.63. The molecule has 2 rings (SSSR count). The van der Waals surface area contributed by atoms with Gasteiger partial charge in [0.2, 0.25) is 0 Å². The molecule has 1 N–H and O–H groups in total. The minimum Gasteiger partial charge on any atom is -0.495 e. The Morgan fingerprint density at radius 3 is 2.89 bits per heavy atom. The van der Waals surface area contributed by atoms with E-state index in [1.54, 1.807) is 7.11 Å². The van der Waals surface area contributed by atoms with E-state index >= 15 is 0 Å². The fourth-order valence-corrected chi connectivity index (χ4v) is 4.31. The number of nitrogens with one attached hydrogen (secondary N) is 1. The monoisotopic (exact) mass is 281 g/mol. The van der Waals surface area contributed by atoms with E-state index in [4.69, 9.17) is 4.74 Å². The molecule has 1 saturated carbocycles. The van der Waals surface area contributed by atoms with Crippen LogP contribution in [0.2, 0.25) is 0 Å². The van der Waals surface area contributed by atoms with Crippen LogP contribution in [0.5, 0.6) is 5.75 Å². The summed E-state index contributed by atoms with van der Waals surface area (Å²) in [5.41, 5.74) is 0. The quantitative estimate of drug-likeness (QED) is 0.871. The van der Waals surface area contributed by atoms with E-state index < -0.39 is 10.8 Å². The van der Waals surface area contributed by atoms with Crippen LogP contribution >= 0.6 is 0 Å². The molecular weight excluding hydrogens is 258 g/mol. The Morgan fingerprint density at radius 1 is 1.37 bits per heavy atom. The number of para-hydroxylation sites is 1. The van der Waals surface area contributed by atoms with Crippen molar-refractivity contribution in [2.45, 2.75) is 48.8 Å². The van der Waals surface area contributed by atoms with Gasteiger partial charge in [0.05, 0.1) is 22.8 Å². The van der Waals surface area contributed by atoms with Crippen LogP contribution in [0.4, 0.5) is 0 Å². The van der Waals surface area contributed by atoms with Crippen molar-refractivity contribution in [3.8, 4) is 5.75 Å². The highest BCUT2D eigenvalue weighted by Gasteiger charge is 2.30. The molecule has 1 aliphatic carbocycles. The maximum absolute atomic E-state index is 12.6. The van der Waals surface area contributed by atoms with Gasteiger partial charge in [-0.25, -0.2) is 0 Å². The van der Waals surface area contributed by atoms with E-state index in [1.807, 2.05) is 24.3 Å². The Hall–Kier alpha value is -0.870. The molecule has 0 radical (unpaired) electrons. The van der Waals surface area contributed by atoms with Gasteiger partial charge >= 0.3 is 0 Å². The molecule has 1 fully saturated rings. The number of ether oxygens (including phenoxy) is 1. The van der Waals surface area contributed by atoms with Gasteiger partial charge in [0.1, 0.15) is 5.75 Å². The number of rotatable bonds is 6. The first-order chi connectivity index (χ1) is 9.26. The Kier molecular flexibility index (Phi) is 5.40. The average molecular weight is 281 g/mol. The van der Waals surface area contributed by atoms with E-state index in [1.165, 1.54) is 0 Å². The number of methoxy groups -OCH3 is 1. The van der Waals surface area contributed by atoms with Crippen LogP contribution < -0.4 is 10.1 Å². The largest absolute Gasteiger partial charge is 0.495 e. The SMILES string of the molecule is CCCNC1CCC(S(=O)c2ccccc2OC)C1. The highest BCUT2D eigenvalue weighted by Crippen LogP contribution is 2.31. The minimum atomic E-state index is -0.961. The fraction of sp³-hybridized carbons (Fsp3) is 0.600. The van der Waals surface area contributed by atoms with Gasteiger partial charge in [-0.2, -0.15) is 0 Å². The summed E-state index contributed by atoms with van der Waals surface area (Å²) < 4.78 is 18.0. The molecule has 4 heteroatoms. The zero-order chi connectivity index (χ0) is 13.7. The van der Waals surface area contributed by atoms with Crippen molar-refractivity contribution in [3.05, 3.63) is 24.3 Å². The molecule has 3 nitrogen and oxygen atoms in total. The van der Waals surface area contributed by atoms with Crippen molar-refractivity contribution in [1.82, 2.24) is 5.32 Å². The first-order valence-electron chi connectivity index (χ1n) is 7.03. The summed E-state index contributed by atoms with van der Waals surface area (Å²) in [5.74, 6) is 0.741. The Morgan fingerprint density at radius 2 is 2.16 bits per heavy atom. The number of hydrogen-bond acceptors (Lipinski definition) is 3. The zero-order valence-electron chi connectivity index (χ0n) is 11.7. The molecular formula is C15H23NO2S. The van der Waals surface area contributed by atoms with Crippen molar-refractivity contribution < 1.29 is 8.95 Å².